The number of nitrogens with zero attached hydrogens (tertiary/aromatic N) is 2. The van der Waals surface area contributed by atoms with Gasteiger partial charge < -0.3 is 24.1 Å². The summed E-state index contributed by atoms with van der Waals surface area (Å²) in [5.41, 5.74) is 5.62. The third-order valence-corrected chi connectivity index (χ3v) is 7.16. The van der Waals surface area contributed by atoms with Crippen molar-refractivity contribution < 1.29 is 18.8 Å². The third-order valence-electron chi connectivity index (χ3n) is 6.22. The SMILES string of the molecule is COc1cc(-c2cccc(Nc3ncc4ccc(-c5ccc([S+](C)[O-])cc5)cc4n3)c2)cc(OC)c1OC. The van der Waals surface area contributed by atoms with Gasteiger partial charge in [0.1, 0.15) is 6.26 Å². The highest BCUT2D eigenvalue weighted by atomic mass is 32.2. The second-order valence-electron chi connectivity index (χ2n) is 8.57. The van der Waals surface area contributed by atoms with Crippen molar-refractivity contribution in [3.05, 3.63) is 85.1 Å². The van der Waals surface area contributed by atoms with Crippen molar-refractivity contribution in [2.75, 3.05) is 32.9 Å². The van der Waals surface area contributed by atoms with Crippen LogP contribution in [-0.2, 0) is 11.2 Å². The lowest BCUT2D eigenvalue weighted by molar-refractivity contribution is 0.324. The Morgan fingerprint density at radius 1 is 0.737 bits per heavy atom. The quantitative estimate of drug-likeness (QED) is 0.232. The van der Waals surface area contributed by atoms with Crippen LogP contribution in [0.1, 0.15) is 0 Å². The molecule has 0 aliphatic carbocycles. The highest BCUT2D eigenvalue weighted by Gasteiger charge is 2.14. The monoisotopic (exact) mass is 525 g/mol. The summed E-state index contributed by atoms with van der Waals surface area (Å²) in [5, 5.41) is 4.26. The molecule has 0 aliphatic heterocycles. The molecule has 38 heavy (non-hydrogen) atoms. The fourth-order valence-corrected chi connectivity index (χ4v) is 4.77. The van der Waals surface area contributed by atoms with Crippen LogP contribution in [-0.4, -0.2) is 42.1 Å². The predicted molar refractivity (Wildman–Crippen MR) is 152 cm³/mol. The van der Waals surface area contributed by atoms with Gasteiger partial charge in [0.2, 0.25) is 11.7 Å². The first-order valence-corrected chi connectivity index (χ1v) is 13.4. The van der Waals surface area contributed by atoms with Gasteiger partial charge in [0.15, 0.2) is 16.4 Å². The number of fused-ring (bicyclic) bond motifs is 1. The summed E-state index contributed by atoms with van der Waals surface area (Å²) in [4.78, 5) is 10.1. The maximum atomic E-state index is 11.7. The van der Waals surface area contributed by atoms with E-state index in [1.807, 2.05) is 78.9 Å². The summed E-state index contributed by atoms with van der Waals surface area (Å²) in [6.07, 6.45) is 3.48. The van der Waals surface area contributed by atoms with E-state index in [4.69, 9.17) is 19.2 Å². The summed E-state index contributed by atoms with van der Waals surface area (Å²) in [7, 11) is 4.79. The fraction of sp³-hybridized carbons (Fsp3) is 0.133. The van der Waals surface area contributed by atoms with E-state index in [0.717, 1.165) is 43.7 Å². The maximum absolute atomic E-state index is 11.7. The minimum absolute atomic E-state index is 0.494. The molecule has 5 aromatic rings. The van der Waals surface area contributed by atoms with E-state index in [1.165, 1.54) is 0 Å². The molecular formula is C30H27N3O4S. The zero-order valence-corrected chi connectivity index (χ0v) is 22.3. The Morgan fingerprint density at radius 3 is 2.08 bits per heavy atom. The molecule has 1 heterocycles. The molecule has 0 spiro atoms. The average Bonchev–Trinajstić information content (AvgIpc) is 2.96. The molecule has 0 aliphatic rings. The maximum Gasteiger partial charge on any atom is 0.227 e. The Labute approximate surface area is 224 Å². The Bertz CT molecular complexity index is 1560. The Balaban J connectivity index is 1.43. The van der Waals surface area contributed by atoms with Crippen molar-refractivity contribution in [1.29, 1.82) is 0 Å². The Hall–Kier alpha value is -4.27. The van der Waals surface area contributed by atoms with Crippen molar-refractivity contribution >= 4 is 33.7 Å². The number of aromatic nitrogens is 2. The molecule has 8 heteroatoms. The average molecular weight is 526 g/mol. The first-order chi connectivity index (χ1) is 18.5. The van der Waals surface area contributed by atoms with Gasteiger partial charge in [-0.15, -0.1) is 0 Å². The molecule has 1 unspecified atom stereocenters. The molecule has 0 radical (unpaired) electrons. The summed E-state index contributed by atoms with van der Waals surface area (Å²) in [5.74, 6) is 2.22. The van der Waals surface area contributed by atoms with E-state index in [1.54, 1.807) is 33.8 Å². The number of rotatable bonds is 8. The van der Waals surface area contributed by atoms with Crippen molar-refractivity contribution in [3.8, 4) is 39.5 Å². The lowest BCUT2D eigenvalue weighted by Gasteiger charge is -2.15. The number of nitrogens with one attached hydrogen (secondary N) is 1. The second kappa shape index (κ2) is 11.0. The number of benzene rings is 4. The molecule has 1 N–H and O–H groups in total. The van der Waals surface area contributed by atoms with Gasteiger partial charge in [-0.25, -0.2) is 9.97 Å². The smallest absolute Gasteiger partial charge is 0.227 e. The largest absolute Gasteiger partial charge is 0.612 e. The lowest BCUT2D eigenvalue weighted by atomic mass is 10.0. The number of ether oxygens (including phenoxy) is 3. The standard InChI is InChI=1S/C30H27N3O4S/c1-35-27-16-23(17-28(36-2)29(27)37-3)20-6-5-7-24(14-20)32-30-31-18-22-9-8-21(15-26(22)33-30)19-10-12-25(13-11-19)38(4)34/h5-18H,1-4H3,(H,31,32,33). The van der Waals surface area contributed by atoms with Gasteiger partial charge in [-0.3, -0.25) is 0 Å². The Kier molecular flexibility index (Phi) is 7.35. The zero-order valence-electron chi connectivity index (χ0n) is 21.5. The van der Waals surface area contributed by atoms with Crippen LogP contribution in [0.4, 0.5) is 11.6 Å². The van der Waals surface area contributed by atoms with Crippen LogP contribution in [0, 0.1) is 0 Å². The minimum atomic E-state index is -1.00. The molecule has 5 rings (SSSR count). The summed E-state index contributed by atoms with van der Waals surface area (Å²) in [6, 6.07) is 25.6. The molecule has 4 aromatic carbocycles. The van der Waals surface area contributed by atoms with Gasteiger partial charge in [-0.1, -0.05) is 24.3 Å². The van der Waals surface area contributed by atoms with Gasteiger partial charge in [-0.2, -0.15) is 0 Å². The van der Waals surface area contributed by atoms with E-state index in [2.05, 4.69) is 10.3 Å². The number of methoxy groups -OCH3 is 3. The number of hydrogen-bond donors (Lipinski definition) is 1. The fourth-order valence-electron chi connectivity index (χ4n) is 4.26. The summed E-state index contributed by atoms with van der Waals surface area (Å²) >= 11 is -1.00. The molecule has 1 atom stereocenters. The molecular weight excluding hydrogens is 498 g/mol. The van der Waals surface area contributed by atoms with Gasteiger partial charge in [0.25, 0.3) is 0 Å². The summed E-state index contributed by atoms with van der Waals surface area (Å²) < 4.78 is 28.2. The molecule has 192 valence electrons. The van der Waals surface area contributed by atoms with E-state index < -0.39 is 11.2 Å². The van der Waals surface area contributed by atoms with Crippen LogP contribution in [0.5, 0.6) is 17.2 Å². The van der Waals surface area contributed by atoms with Crippen molar-refractivity contribution in [2.24, 2.45) is 0 Å². The highest BCUT2D eigenvalue weighted by Crippen LogP contribution is 2.41. The van der Waals surface area contributed by atoms with Gasteiger partial charge in [-0.05, 0) is 88.0 Å². The Morgan fingerprint density at radius 2 is 1.42 bits per heavy atom. The summed E-state index contributed by atoms with van der Waals surface area (Å²) in [6.45, 7) is 0. The van der Waals surface area contributed by atoms with Gasteiger partial charge in [0.05, 0.1) is 26.8 Å². The molecule has 0 fully saturated rings. The van der Waals surface area contributed by atoms with E-state index in [9.17, 15) is 4.55 Å². The zero-order chi connectivity index (χ0) is 26.6. The van der Waals surface area contributed by atoms with E-state index in [0.29, 0.717) is 23.2 Å². The van der Waals surface area contributed by atoms with Crippen molar-refractivity contribution in [3.63, 3.8) is 0 Å². The lowest BCUT2D eigenvalue weighted by Crippen LogP contribution is -1.98. The number of hydrogen-bond acceptors (Lipinski definition) is 7. The highest BCUT2D eigenvalue weighted by molar-refractivity contribution is 7.90. The topological polar surface area (TPSA) is 88.6 Å². The van der Waals surface area contributed by atoms with Crippen LogP contribution >= 0.6 is 0 Å². The molecule has 7 nitrogen and oxygen atoms in total. The van der Waals surface area contributed by atoms with Crippen LogP contribution < -0.4 is 19.5 Å². The van der Waals surface area contributed by atoms with Crippen LogP contribution in [0.3, 0.4) is 0 Å². The molecule has 0 saturated carbocycles. The van der Waals surface area contributed by atoms with Crippen LogP contribution in [0.15, 0.2) is 90.0 Å². The first kappa shape index (κ1) is 25.4. The molecule has 0 bridgehead atoms. The number of anilines is 2. The molecule has 0 saturated heterocycles. The van der Waals surface area contributed by atoms with Crippen LogP contribution in [0.2, 0.25) is 0 Å². The van der Waals surface area contributed by atoms with Crippen molar-refractivity contribution in [2.45, 2.75) is 4.90 Å². The third kappa shape index (κ3) is 5.22. The second-order valence-corrected chi connectivity index (χ2v) is 9.95. The first-order valence-electron chi connectivity index (χ1n) is 11.9. The molecule has 0 amide bonds. The normalized spacial score (nSPS) is 11.7. The van der Waals surface area contributed by atoms with Crippen molar-refractivity contribution in [1.82, 2.24) is 9.97 Å². The predicted octanol–water partition coefficient (Wildman–Crippen LogP) is 6.47. The van der Waals surface area contributed by atoms with E-state index >= 15 is 0 Å². The molecule has 1 aromatic heterocycles. The van der Waals surface area contributed by atoms with Gasteiger partial charge in [0, 0.05) is 17.3 Å². The van der Waals surface area contributed by atoms with E-state index in [-0.39, 0.29) is 0 Å². The van der Waals surface area contributed by atoms with Crippen LogP contribution in [0.25, 0.3) is 33.2 Å². The van der Waals surface area contributed by atoms with Gasteiger partial charge >= 0.3 is 0 Å². The minimum Gasteiger partial charge on any atom is -0.612 e.